The van der Waals surface area contributed by atoms with E-state index in [0.717, 1.165) is 31.0 Å². The monoisotopic (exact) mass is 255 g/mol. The van der Waals surface area contributed by atoms with Crippen molar-refractivity contribution in [3.8, 4) is 0 Å². The lowest BCUT2D eigenvalue weighted by molar-refractivity contribution is 0.00848. The lowest BCUT2D eigenvalue weighted by atomic mass is 10.00. The molecule has 0 N–H and O–H groups in total. The molecule has 1 saturated heterocycles. The minimum atomic E-state index is 0.799. The van der Waals surface area contributed by atoms with Crippen LogP contribution in [0.5, 0.6) is 0 Å². The van der Waals surface area contributed by atoms with Crippen LogP contribution in [0.25, 0.3) is 0 Å². The van der Waals surface area contributed by atoms with Crippen molar-refractivity contribution in [3.05, 3.63) is 0 Å². The summed E-state index contributed by atoms with van der Waals surface area (Å²) in [7, 11) is 0. The van der Waals surface area contributed by atoms with Crippen molar-refractivity contribution in [2.45, 2.75) is 53.4 Å². The first kappa shape index (κ1) is 16.0. The number of hydrogen-bond donors (Lipinski definition) is 0. The zero-order chi connectivity index (χ0) is 13.4. The third kappa shape index (κ3) is 7.38. The summed E-state index contributed by atoms with van der Waals surface area (Å²) in [6.07, 6.45) is 5.32. The van der Waals surface area contributed by atoms with Crippen molar-refractivity contribution in [2.24, 2.45) is 17.8 Å². The van der Waals surface area contributed by atoms with E-state index in [1.165, 1.54) is 45.3 Å². The molecule has 0 amide bonds. The zero-order valence-corrected chi connectivity index (χ0v) is 13.0. The molecular weight excluding hydrogens is 222 g/mol. The molecule has 0 radical (unpaired) electrons. The fourth-order valence-electron chi connectivity index (χ4n) is 2.63. The number of nitrogens with zero attached hydrogens (tertiary/aromatic N) is 1. The van der Waals surface area contributed by atoms with Gasteiger partial charge in [0.05, 0.1) is 6.61 Å². The van der Waals surface area contributed by atoms with Crippen molar-refractivity contribution >= 4 is 0 Å². The van der Waals surface area contributed by atoms with Gasteiger partial charge in [-0.25, -0.2) is 0 Å². The van der Waals surface area contributed by atoms with Crippen molar-refractivity contribution in [1.82, 2.24) is 4.90 Å². The summed E-state index contributed by atoms with van der Waals surface area (Å²) < 4.78 is 5.77. The van der Waals surface area contributed by atoms with Crippen LogP contribution in [0.3, 0.4) is 0 Å². The first-order chi connectivity index (χ1) is 8.58. The van der Waals surface area contributed by atoms with Crippen LogP contribution in [0.1, 0.15) is 53.4 Å². The first-order valence-corrected chi connectivity index (χ1v) is 7.88. The van der Waals surface area contributed by atoms with Gasteiger partial charge in [0.25, 0.3) is 0 Å². The maximum atomic E-state index is 5.77. The molecule has 1 aliphatic rings. The Balaban J connectivity index is 1.80. The van der Waals surface area contributed by atoms with E-state index in [1.807, 2.05) is 0 Å². The first-order valence-electron chi connectivity index (χ1n) is 7.88. The molecule has 0 bridgehead atoms. The Morgan fingerprint density at radius 3 is 2.33 bits per heavy atom. The molecule has 0 atom stereocenters. The molecule has 18 heavy (non-hydrogen) atoms. The Kier molecular flexibility index (Phi) is 7.92. The molecule has 0 saturated carbocycles. The second kappa shape index (κ2) is 8.92. The summed E-state index contributed by atoms with van der Waals surface area (Å²) in [4.78, 5) is 2.54. The molecule has 1 heterocycles. The Morgan fingerprint density at radius 1 is 1.00 bits per heavy atom. The zero-order valence-electron chi connectivity index (χ0n) is 13.0. The van der Waals surface area contributed by atoms with E-state index in [4.69, 9.17) is 4.74 Å². The van der Waals surface area contributed by atoms with Gasteiger partial charge in [0.2, 0.25) is 0 Å². The molecule has 2 heteroatoms. The van der Waals surface area contributed by atoms with Gasteiger partial charge in [0.15, 0.2) is 0 Å². The van der Waals surface area contributed by atoms with E-state index in [9.17, 15) is 0 Å². The van der Waals surface area contributed by atoms with Crippen LogP contribution in [0.4, 0.5) is 0 Å². The topological polar surface area (TPSA) is 12.5 Å². The summed E-state index contributed by atoms with van der Waals surface area (Å²) in [6.45, 7) is 14.9. The van der Waals surface area contributed by atoms with Crippen LogP contribution >= 0.6 is 0 Å². The van der Waals surface area contributed by atoms with Crippen LogP contribution < -0.4 is 0 Å². The van der Waals surface area contributed by atoms with Crippen LogP contribution in [-0.4, -0.2) is 37.7 Å². The highest BCUT2D eigenvalue weighted by Crippen LogP contribution is 2.17. The second-order valence-electron chi connectivity index (χ2n) is 6.80. The predicted molar refractivity (Wildman–Crippen MR) is 78.9 cm³/mol. The fourth-order valence-corrected chi connectivity index (χ4v) is 2.63. The minimum absolute atomic E-state index is 0.799. The lowest BCUT2D eigenvalue weighted by Crippen LogP contribution is -2.49. The molecule has 0 aromatic heterocycles. The molecule has 1 aliphatic heterocycles. The maximum absolute atomic E-state index is 5.77. The van der Waals surface area contributed by atoms with E-state index in [0.29, 0.717) is 0 Å². The Hall–Kier alpha value is -0.0800. The van der Waals surface area contributed by atoms with Crippen molar-refractivity contribution in [2.75, 3.05) is 32.8 Å². The predicted octanol–water partition coefficient (Wildman–Crippen LogP) is 3.81. The van der Waals surface area contributed by atoms with E-state index in [1.54, 1.807) is 0 Å². The molecule has 0 aromatic carbocycles. The summed E-state index contributed by atoms with van der Waals surface area (Å²) >= 11 is 0. The van der Waals surface area contributed by atoms with Gasteiger partial charge in [-0.3, -0.25) is 0 Å². The number of ether oxygens (including phenoxy) is 1. The molecule has 2 nitrogen and oxygen atoms in total. The smallest absolute Gasteiger partial charge is 0.0518 e. The molecule has 1 fully saturated rings. The molecule has 1 rings (SSSR count). The largest absolute Gasteiger partial charge is 0.381 e. The highest BCUT2D eigenvalue weighted by atomic mass is 16.5. The van der Waals surface area contributed by atoms with Gasteiger partial charge in [-0.2, -0.15) is 0 Å². The summed E-state index contributed by atoms with van der Waals surface area (Å²) in [5.74, 6) is 2.46. The average molecular weight is 255 g/mol. The fraction of sp³-hybridized carbons (Fsp3) is 1.00. The minimum Gasteiger partial charge on any atom is -0.381 e. The van der Waals surface area contributed by atoms with Gasteiger partial charge in [-0.15, -0.1) is 0 Å². The van der Waals surface area contributed by atoms with Crippen molar-refractivity contribution in [3.63, 3.8) is 0 Å². The number of unbranched alkanes of at least 4 members (excludes halogenated alkanes) is 2. The molecular formula is C16H33NO. The van der Waals surface area contributed by atoms with E-state index in [-0.39, 0.29) is 0 Å². The van der Waals surface area contributed by atoms with Gasteiger partial charge in [0.1, 0.15) is 0 Å². The molecule has 0 aromatic rings. The summed E-state index contributed by atoms with van der Waals surface area (Å²) in [5.41, 5.74) is 0. The van der Waals surface area contributed by atoms with Gasteiger partial charge in [0, 0.05) is 32.2 Å². The van der Waals surface area contributed by atoms with Crippen LogP contribution in [0, 0.1) is 17.8 Å². The highest BCUT2D eigenvalue weighted by Gasteiger charge is 2.26. The molecule has 0 unspecified atom stereocenters. The third-order valence-electron chi connectivity index (χ3n) is 3.58. The summed E-state index contributed by atoms with van der Waals surface area (Å²) in [6, 6.07) is 0. The Bertz CT molecular complexity index is 197. The van der Waals surface area contributed by atoms with E-state index in [2.05, 4.69) is 32.6 Å². The lowest BCUT2D eigenvalue weighted by Gasteiger charge is -2.40. The van der Waals surface area contributed by atoms with Gasteiger partial charge in [-0.1, -0.05) is 47.0 Å². The molecule has 0 aliphatic carbocycles. The number of likely N-dealkylation sites (tertiary alicyclic amines) is 1. The number of hydrogen-bond acceptors (Lipinski definition) is 2. The van der Waals surface area contributed by atoms with Crippen molar-refractivity contribution in [1.29, 1.82) is 0 Å². The van der Waals surface area contributed by atoms with Gasteiger partial charge >= 0.3 is 0 Å². The van der Waals surface area contributed by atoms with Gasteiger partial charge < -0.3 is 9.64 Å². The van der Waals surface area contributed by atoms with E-state index < -0.39 is 0 Å². The van der Waals surface area contributed by atoms with Crippen LogP contribution in [0.2, 0.25) is 0 Å². The quantitative estimate of drug-likeness (QED) is 0.550. The average Bonchev–Trinajstić information content (AvgIpc) is 2.22. The SMILES string of the molecule is CC(C)CCCCCOCC1CN(CC(C)C)C1. The van der Waals surface area contributed by atoms with Crippen LogP contribution in [-0.2, 0) is 4.74 Å². The van der Waals surface area contributed by atoms with Gasteiger partial charge in [-0.05, 0) is 18.3 Å². The normalized spacial score (nSPS) is 17.7. The van der Waals surface area contributed by atoms with Crippen LogP contribution in [0.15, 0.2) is 0 Å². The Labute approximate surface area is 114 Å². The third-order valence-corrected chi connectivity index (χ3v) is 3.58. The van der Waals surface area contributed by atoms with E-state index >= 15 is 0 Å². The molecule has 108 valence electrons. The van der Waals surface area contributed by atoms with Crippen molar-refractivity contribution < 1.29 is 4.74 Å². The number of rotatable bonds is 10. The maximum Gasteiger partial charge on any atom is 0.0518 e. The second-order valence-corrected chi connectivity index (χ2v) is 6.80. The standard InChI is InChI=1S/C16H33NO/c1-14(2)8-6-5-7-9-18-13-16-11-17(12-16)10-15(3)4/h14-16H,5-13H2,1-4H3. The molecule has 0 spiro atoms. The highest BCUT2D eigenvalue weighted by molar-refractivity contribution is 4.79. The summed E-state index contributed by atoms with van der Waals surface area (Å²) in [5, 5.41) is 0. The Morgan fingerprint density at radius 2 is 1.72 bits per heavy atom.